The highest BCUT2D eigenvalue weighted by atomic mass is 35.5. The average molecular weight is 1030 g/mol. The second-order valence-electron chi connectivity index (χ2n) is 18.9. The minimum Gasteiger partial charge on any atom is -0.474 e. The topological polar surface area (TPSA) is 212 Å². The number of pyridine rings is 1. The molecule has 1 aliphatic carbocycles. The summed E-state index contributed by atoms with van der Waals surface area (Å²) in [6.45, 7) is 12.1. The summed E-state index contributed by atoms with van der Waals surface area (Å²) in [5.41, 5.74) is 8.57. The number of aliphatic imine (C=N–C) groups is 1. The molecule has 5 aromatic heterocycles. The molecule has 0 radical (unpaired) electrons. The SMILES string of the molecule is Cc1ncsc1-c1ccc(CNC(=O)[C@@H]2C[C@@H](O)CN2C(=O)[C@H](c2cc(Oc3ccc(OC4CC(NC(=O)C[C@@H]5N=C(c6ccc(Cl)cc6)c6c(sc(C)c6C)-n6c(C)nnc65)C4)nc3)no2)C(C)C)cc1. The molecule has 7 heterocycles. The third-order valence-corrected chi connectivity index (χ3v) is 15.9. The van der Waals surface area contributed by atoms with E-state index in [4.69, 9.17) is 30.6 Å². The van der Waals surface area contributed by atoms with Crippen LogP contribution in [0.25, 0.3) is 15.4 Å². The molecule has 3 N–H and O–H groups in total. The van der Waals surface area contributed by atoms with Crippen LogP contribution in [0.2, 0.25) is 5.02 Å². The largest absolute Gasteiger partial charge is 0.474 e. The lowest BCUT2D eigenvalue weighted by atomic mass is 9.89. The second kappa shape index (κ2) is 20.4. The number of benzene rings is 2. The minimum atomic E-state index is -0.857. The summed E-state index contributed by atoms with van der Waals surface area (Å²) < 4.78 is 19.8. The number of likely N-dealkylation sites (tertiary alicyclic amines) is 1. The first-order chi connectivity index (χ1) is 34.7. The zero-order chi connectivity index (χ0) is 50.4. The molecule has 4 atom stereocenters. The molecular formula is C52H53ClN10O7S2. The van der Waals surface area contributed by atoms with Gasteiger partial charge in [-0.15, -0.1) is 32.9 Å². The number of hydrogen-bond donors (Lipinski definition) is 3. The molecular weight excluding hydrogens is 976 g/mol. The van der Waals surface area contributed by atoms with Gasteiger partial charge in [0.2, 0.25) is 23.6 Å². The quantitative estimate of drug-likeness (QED) is 0.0882. The van der Waals surface area contributed by atoms with Crippen molar-refractivity contribution in [1.82, 2.24) is 45.4 Å². The van der Waals surface area contributed by atoms with Crippen molar-refractivity contribution >= 4 is 57.7 Å². The number of thiazole rings is 1. The summed E-state index contributed by atoms with van der Waals surface area (Å²) in [6.07, 6.45) is 1.90. The normalized spacial score (nSPS) is 19.7. The van der Waals surface area contributed by atoms with Crippen molar-refractivity contribution < 1.29 is 33.5 Å². The van der Waals surface area contributed by atoms with E-state index in [1.165, 1.54) is 16.0 Å². The lowest BCUT2D eigenvalue weighted by molar-refractivity contribution is -0.141. The molecule has 372 valence electrons. The number of carbonyl (C=O) groups is 3. The molecule has 1 saturated heterocycles. The Hall–Kier alpha value is -6.80. The number of rotatable bonds is 15. The van der Waals surface area contributed by atoms with Crippen LogP contribution in [0.5, 0.6) is 17.5 Å². The zero-order valence-electron chi connectivity index (χ0n) is 40.5. The van der Waals surface area contributed by atoms with Crippen LogP contribution in [0, 0.1) is 33.6 Å². The number of fused-ring (bicyclic) bond motifs is 3. The van der Waals surface area contributed by atoms with Crippen molar-refractivity contribution in [3.8, 4) is 33.0 Å². The van der Waals surface area contributed by atoms with Gasteiger partial charge in [0.05, 0.1) is 40.5 Å². The van der Waals surface area contributed by atoms with E-state index in [0.29, 0.717) is 35.3 Å². The van der Waals surface area contributed by atoms with Crippen molar-refractivity contribution in [2.24, 2.45) is 10.9 Å². The Bertz CT molecular complexity index is 3160. The van der Waals surface area contributed by atoms with Gasteiger partial charge in [-0.25, -0.2) is 9.97 Å². The molecule has 7 aromatic rings. The summed E-state index contributed by atoms with van der Waals surface area (Å²) in [7, 11) is 0. The van der Waals surface area contributed by atoms with Gasteiger partial charge in [-0.05, 0) is 73.7 Å². The fourth-order valence-corrected chi connectivity index (χ4v) is 11.7. The van der Waals surface area contributed by atoms with Crippen molar-refractivity contribution in [1.29, 1.82) is 0 Å². The number of carbonyl (C=O) groups excluding carboxylic acids is 3. The second-order valence-corrected chi connectivity index (χ2v) is 21.4. The number of β-amino-alcohol motifs (C(OH)–C–C–N with tert-alkyl or cyclic N) is 1. The van der Waals surface area contributed by atoms with Crippen LogP contribution in [-0.4, -0.2) is 94.2 Å². The first kappa shape index (κ1) is 48.8. The van der Waals surface area contributed by atoms with Crippen LogP contribution in [0.1, 0.15) is 102 Å². The molecule has 17 nitrogen and oxygen atoms in total. The number of aliphatic hydroxyl groups is 1. The van der Waals surface area contributed by atoms with Crippen LogP contribution in [-0.2, 0) is 20.9 Å². The highest BCUT2D eigenvalue weighted by Gasteiger charge is 2.43. The Kier molecular flexibility index (Phi) is 13.8. The first-order valence-electron chi connectivity index (χ1n) is 23.9. The maximum atomic E-state index is 14.2. The molecule has 0 unspecified atom stereocenters. The molecule has 2 aromatic carbocycles. The fraction of sp³-hybridized carbons (Fsp3) is 0.365. The van der Waals surface area contributed by atoms with E-state index in [9.17, 15) is 19.5 Å². The lowest BCUT2D eigenvalue weighted by Crippen LogP contribution is -2.49. The number of aryl methyl sites for hydroxylation is 3. The Morgan fingerprint density at radius 2 is 1.71 bits per heavy atom. The van der Waals surface area contributed by atoms with Crippen LogP contribution in [0.15, 0.2) is 88.0 Å². The predicted molar refractivity (Wildman–Crippen MR) is 272 cm³/mol. The van der Waals surface area contributed by atoms with E-state index in [-0.39, 0.29) is 73.4 Å². The minimum absolute atomic E-state index is 0.0158. The van der Waals surface area contributed by atoms with Gasteiger partial charge in [0.25, 0.3) is 5.88 Å². The molecule has 2 fully saturated rings. The Balaban J connectivity index is 0.719. The van der Waals surface area contributed by atoms with Crippen LogP contribution in [0.4, 0.5) is 0 Å². The van der Waals surface area contributed by atoms with Gasteiger partial charge >= 0.3 is 0 Å². The molecule has 20 heteroatoms. The van der Waals surface area contributed by atoms with Crippen LogP contribution >= 0.6 is 34.3 Å². The monoisotopic (exact) mass is 1030 g/mol. The van der Waals surface area contributed by atoms with Gasteiger partial charge in [0, 0.05) is 71.6 Å². The number of aromatic nitrogens is 6. The van der Waals surface area contributed by atoms with Gasteiger partial charge in [0.15, 0.2) is 11.6 Å². The van der Waals surface area contributed by atoms with Gasteiger partial charge in [-0.1, -0.05) is 61.8 Å². The maximum Gasteiger partial charge on any atom is 0.259 e. The smallest absolute Gasteiger partial charge is 0.259 e. The first-order valence-corrected chi connectivity index (χ1v) is 25.9. The number of thiophene rings is 1. The fourth-order valence-electron chi connectivity index (χ4n) is 9.51. The van der Waals surface area contributed by atoms with Crippen LogP contribution in [0.3, 0.4) is 0 Å². The zero-order valence-corrected chi connectivity index (χ0v) is 42.8. The van der Waals surface area contributed by atoms with Gasteiger partial charge < -0.3 is 34.6 Å². The average Bonchev–Trinajstić information content (AvgIpc) is 4.19. The highest BCUT2D eigenvalue weighted by molar-refractivity contribution is 7.15. The summed E-state index contributed by atoms with van der Waals surface area (Å²) in [5.74, 6) is 0.622. The van der Waals surface area contributed by atoms with E-state index < -0.39 is 24.1 Å². The summed E-state index contributed by atoms with van der Waals surface area (Å²) in [4.78, 5) is 59.1. The third kappa shape index (κ3) is 10.0. The standard InChI is InChI=1S/C52H53ClN10O7S2/c1-26(2)45(51(67)62-24-36(64)19-40(62)50(66)55-22-31-7-9-33(10-8-31)48-28(4)56-25-71-48)41-21-44(61-70-41)68-37-15-16-43(54-23-37)69-38-17-35(18-38)57-42(65)20-39-49-60-59-30(6)63(49)52-46(27(3)29(5)72-52)47(58-39)32-11-13-34(53)14-12-32/h7-16,21,23,25-26,35-36,38-40,45,64H,17-20,22,24H2,1-6H3,(H,55,66)(H,57,65)/t35?,36-,38?,39+,40+,45+/m1/s1. The number of halogens is 1. The number of ether oxygens (including phenoxy) is 2. The molecule has 10 rings (SSSR count). The number of nitrogens with zero attached hydrogens (tertiary/aromatic N) is 8. The van der Waals surface area contributed by atoms with Crippen LogP contribution < -0.4 is 20.1 Å². The summed E-state index contributed by atoms with van der Waals surface area (Å²) >= 11 is 9.51. The van der Waals surface area contributed by atoms with E-state index >= 15 is 0 Å². The number of aliphatic hydroxyl groups excluding tert-OH is 1. The third-order valence-electron chi connectivity index (χ3n) is 13.5. The molecule has 3 amide bonds. The van der Waals surface area contributed by atoms with E-state index in [2.05, 4.69) is 49.8 Å². The lowest BCUT2D eigenvalue weighted by Gasteiger charge is -2.35. The van der Waals surface area contributed by atoms with Gasteiger partial charge in [0.1, 0.15) is 40.7 Å². The maximum absolute atomic E-state index is 14.2. The summed E-state index contributed by atoms with van der Waals surface area (Å²) in [5, 5.41) is 31.4. The van der Waals surface area contributed by atoms with Gasteiger partial charge in [-0.3, -0.25) is 23.9 Å². The van der Waals surface area contributed by atoms with Crippen molar-refractivity contribution in [2.45, 2.75) is 110 Å². The number of hydrogen-bond acceptors (Lipinski definition) is 15. The molecule has 3 aliphatic rings. The van der Waals surface area contributed by atoms with Crippen molar-refractivity contribution in [3.63, 3.8) is 0 Å². The van der Waals surface area contributed by atoms with E-state index in [1.54, 1.807) is 40.9 Å². The Morgan fingerprint density at radius 1 is 0.944 bits per heavy atom. The van der Waals surface area contributed by atoms with Crippen molar-refractivity contribution in [3.05, 3.63) is 134 Å². The Labute approximate surface area is 428 Å². The van der Waals surface area contributed by atoms with E-state index in [1.807, 2.05) is 86.3 Å². The summed E-state index contributed by atoms with van der Waals surface area (Å²) in [6, 6.07) is 18.9. The molecule has 2 aliphatic heterocycles. The molecule has 72 heavy (non-hydrogen) atoms. The molecule has 0 spiro atoms. The predicted octanol–water partition coefficient (Wildman–Crippen LogP) is 8.54. The molecule has 0 bridgehead atoms. The Morgan fingerprint density at radius 3 is 2.42 bits per heavy atom. The number of amides is 3. The van der Waals surface area contributed by atoms with E-state index in [0.717, 1.165) is 54.9 Å². The molecule has 1 saturated carbocycles. The highest BCUT2D eigenvalue weighted by Crippen LogP contribution is 2.40. The van der Waals surface area contributed by atoms with Gasteiger partial charge in [-0.2, -0.15) is 0 Å². The van der Waals surface area contributed by atoms with Crippen molar-refractivity contribution in [2.75, 3.05) is 6.54 Å². The number of nitrogens with one attached hydrogen (secondary N) is 2.